The molecule has 2 N–H and O–H groups in total. The Morgan fingerprint density at radius 1 is 1.53 bits per heavy atom. The number of nitrogens with one attached hydrogen (secondary N) is 1. The van der Waals surface area contributed by atoms with Crippen molar-refractivity contribution in [3.8, 4) is 0 Å². The van der Waals surface area contributed by atoms with Crippen LogP contribution in [0.4, 0.5) is 0 Å². The predicted octanol–water partition coefficient (Wildman–Crippen LogP) is 0.966. The number of nitrogens with zero attached hydrogens (tertiary/aromatic N) is 2. The number of thioether (sulfide) groups is 1. The first-order valence-corrected chi connectivity index (χ1v) is 7.71. The predicted molar refractivity (Wildman–Crippen MR) is 74.1 cm³/mol. The van der Waals surface area contributed by atoms with Crippen LogP contribution in [0, 0.1) is 0 Å². The molecule has 7 heteroatoms. The normalized spacial score (nSPS) is 12.7. The van der Waals surface area contributed by atoms with Gasteiger partial charge in [0.1, 0.15) is 6.10 Å². The van der Waals surface area contributed by atoms with Crippen LogP contribution in [0.5, 0.6) is 0 Å². The van der Waals surface area contributed by atoms with Crippen LogP contribution in [0.15, 0.2) is 4.52 Å². The molecule has 1 rings (SSSR count). The van der Waals surface area contributed by atoms with E-state index in [-0.39, 0.29) is 11.8 Å². The average Bonchev–Trinajstić information content (AvgIpc) is 2.84. The average molecular weight is 287 g/mol. The molecule has 1 aromatic heterocycles. The number of carbonyl (C=O) groups is 1. The van der Waals surface area contributed by atoms with Gasteiger partial charge in [-0.1, -0.05) is 19.0 Å². The molecule has 1 atom stereocenters. The Kier molecular flexibility index (Phi) is 6.86. The fraction of sp³-hybridized carbons (Fsp3) is 0.750. The van der Waals surface area contributed by atoms with E-state index in [0.717, 1.165) is 5.75 Å². The Balaban J connectivity index is 2.27. The van der Waals surface area contributed by atoms with Gasteiger partial charge in [-0.3, -0.25) is 4.79 Å². The highest BCUT2D eigenvalue weighted by molar-refractivity contribution is 7.98. The molecule has 1 heterocycles. The van der Waals surface area contributed by atoms with E-state index in [4.69, 9.17) is 4.52 Å². The summed E-state index contributed by atoms with van der Waals surface area (Å²) in [5.74, 6) is 1.78. The first-order valence-electron chi connectivity index (χ1n) is 6.31. The zero-order valence-corrected chi connectivity index (χ0v) is 12.4. The van der Waals surface area contributed by atoms with E-state index >= 15 is 0 Å². The van der Waals surface area contributed by atoms with E-state index in [1.165, 1.54) is 0 Å². The second kappa shape index (κ2) is 8.16. The lowest BCUT2D eigenvalue weighted by Crippen LogP contribution is -2.36. The Bertz CT molecular complexity index is 395. The van der Waals surface area contributed by atoms with Gasteiger partial charge in [-0.25, -0.2) is 0 Å². The molecule has 0 bridgehead atoms. The summed E-state index contributed by atoms with van der Waals surface area (Å²) in [5, 5.41) is 16.0. The van der Waals surface area contributed by atoms with Gasteiger partial charge in [-0.15, -0.1) is 0 Å². The molecule has 0 aliphatic rings. The highest BCUT2D eigenvalue weighted by atomic mass is 32.2. The minimum absolute atomic E-state index is 0.198. The zero-order chi connectivity index (χ0) is 14.3. The summed E-state index contributed by atoms with van der Waals surface area (Å²) in [5.41, 5.74) is 0. The van der Waals surface area contributed by atoms with Crippen molar-refractivity contribution >= 4 is 17.7 Å². The summed E-state index contributed by atoms with van der Waals surface area (Å²) in [6.07, 6.45) is 1.96. The fourth-order valence-corrected chi connectivity index (χ4v) is 1.84. The lowest BCUT2D eigenvalue weighted by molar-refractivity contribution is -0.129. The Morgan fingerprint density at radius 2 is 2.26 bits per heavy atom. The maximum atomic E-state index is 11.5. The third kappa shape index (κ3) is 5.61. The third-order valence-corrected chi connectivity index (χ3v) is 3.17. The molecule has 0 aromatic carbocycles. The van der Waals surface area contributed by atoms with Gasteiger partial charge in [0.2, 0.25) is 11.8 Å². The lowest BCUT2D eigenvalue weighted by atomic mass is 10.2. The molecule has 1 aromatic rings. The van der Waals surface area contributed by atoms with Crippen molar-refractivity contribution in [1.29, 1.82) is 0 Å². The number of rotatable bonds is 8. The van der Waals surface area contributed by atoms with Crippen molar-refractivity contribution in [2.24, 2.45) is 0 Å². The molecule has 6 nitrogen and oxygen atoms in total. The zero-order valence-electron chi connectivity index (χ0n) is 11.5. The van der Waals surface area contributed by atoms with Crippen molar-refractivity contribution in [3.05, 3.63) is 11.7 Å². The summed E-state index contributed by atoms with van der Waals surface area (Å²) < 4.78 is 5.06. The third-order valence-electron chi connectivity index (χ3n) is 2.52. The number of hydrogen-bond donors (Lipinski definition) is 2. The second-order valence-corrected chi connectivity index (χ2v) is 5.53. The van der Waals surface area contributed by atoms with Crippen LogP contribution >= 0.6 is 11.8 Å². The molecular weight excluding hydrogens is 266 g/mol. The summed E-state index contributed by atoms with van der Waals surface area (Å²) >= 11 is 1.60. The number of aliphatic hydroxyl groups is 1. The first-order chi connectivity index (χ1) is 9.04. The van der Waals surface area contributed by atoms with Crippen LogP contribution < -0.4 is 5.32 Å². The van der Waals surface area contributed by atoms with Gasteiger partial charge in [0.05, 0.1) is 0 Å². The van der Waals surface area contributed by atoms with Crippen molar-refractivity contribution in [1.82, 2.24) is 15.5 Å². The SMILES string of the molecule is CSCC[C@@H](O)C(=O)NCCc1noc(C(C)C)n1. The molecule has 0 unspecified atom stereocenters. The lowest BCUT2D eigenvalue weighted by Gasteiger charge is -2.09. The molecule has 19 heavy (non-hydrogen) atoms. The van der Waals surface area contributed by atoms with Gasteiger partial charge in [0.15, 0.2) is 5.82 Å². The van der Waals surface area contributed by atoms with E-state index in [1.807, 2.05) is 20.1 Å². The molecule has 1 amide bonds. The number of aliphatic hydroxyl groups excluding tert-OH is 1. The summed E-state index contributed by atoms with van der Waals surface area (Å²) in [6, 6.07) is 0. The Morgan fingerprint density at radius 3 is 2.84 bits per heavy atom. The van der Waals surface area contributed by atoms with Gasteiger partial charge < -0.3 is 14.9 Å². The minimum Gasteiger partial charge on any atom is -0.383 e. The van der Waals surface area contributed by atoms with Gasteiger partial charge in [0.25, 0.3) is 0 Å². The highest BCUT2D eigenvalue weighted by Crippen LogP contribution is 2.10. The van der Waals surface area contributed by atoms with E-state index < -0.39 is 6.10 Å². The van der Waals surface area contributed by atoms with Crippen LogP contribution in [-0.2, 0) is 11.2 Å². The second-order valence-electron chi connectivity index (χ2n) is 4.54. The Hall–Kier alpha value is -1.08. The molecule has 0 aliphatic carbocycles. The minimum atomic E-state index is -0.941. The van der Waals surface area contributed by atoms with Gasteiger partial charge >= 0.3 is 0 Å². The van der Waals surface area contributed by atoms with Crippen LogP contribution in [-0.4, -0.2) is 45.8 Å². The van der Waals surface area contributed by atoms with Crippen molar-refractivity contribution in [2.75, 3.05) is 18.6 Å². The van der Waals surface area contributed by atoms with Crippen LogP contribution in [0.2, 0.25) is 0 Å². The molecule has 0 saturated carbocycles. The van der Waals surface area contributed by atoms with Gasteiger partial charge in [-0.05, 0) is 18.4 Å². The number of hydrogen-bond acceptors (Lipinski definition) is 6. The topological polar surface area (TPSA) is 88.2 Å². The van der Waals surface area contributed by atoms with Crippen molar-refractivity contribution in [3.63, 3.8) is 0 Å². The van der Waals surface area contributed by atoms with E-state index in [2.05, 4.69) is 15.5 Å². The molecular formula is C12H21N3O3S. The van der Waals surface area contributed by atoms with E-state index in [9.17, 15) is 9.90 Å². The van der Waals surface area contributed by atoms with Crippen LogP contribution in [0.1, 0.15) is 37.9 Å². The quantitative estimate of drug-likeness (QED) is 0.740. The smallest absolute Gasteiger partial charge is 0.248 e. The molecule has 0 spiro atoms. The molecule has 0 saturated heterocycles. The maximum absolute atomic E-state index is 11.5. The molecule has 0 aliphatic heterocycles. The van der Waals surface area contributed by atoms with E-state index in [0.29, 0.717) is 31.1 Å². The largest absolute Gasteiger partial charge is 0.383 e. The first kappa shape index (κ1) is 16.0. The summed E-state index contributed by atoms with van der Waals surface area (Å²) in [6.45, 7) is 4.34. The van der Waals surface area contributed by atoms with Crippen molar-refractivity contribution in [2.45, 2.75) is 38.7 Å². The maximum Gasteiger partial charge on any atom is 0.248 e. The molecule has 108 valence electrons. The summed E-state index contributed by atoms with van der Waals surface area (Å²) in [4.78, 5) is 15.7. The fourth-order valence-electron chi connectivity index (χ4n) is 1.38. The van der Waals surface area contributed by atoms with Gasteiger partial charge in [-0.2, -0.15) is 16.7 Å². The van der Waals surface area contributed by atoms with E-state index in [1.54, 1.807) is 11.8 Å². The summed E-state index contributed by atoms with van der Waals surface area (Å²) in [7, 11) is 0. The van der Waals surface area contributed by atoms with Crippen LogP contribution in [0.3, 0.4) is 0 Å². The number of carbonyl (C=O) groups excluding carboxylic acids is 1. The van der Waals surface area contributed by atoms with Gasteiger partial charge in [0, 0.05) is 18.9 Å². The molecule has 0 fully saturated rings. The highest BCUT2D eigenvalue weighted by Gasteiger charge is 2.14. The monoisotopic (exact) mass is 287 g/mol. The Labute approximate surface area is 117 Å². The standard InChI is InChI=1S/C12H21N3O3S/c1-8(2)12-14-10(15-18-12)4-6-13-11(17)9(16)5-7-19-3/h8-9,16H,4-7H2,1-3H3,(H,13,17)/t9-/m1/s1. The number of aromatic nitrogens is 2. The molecule has 0 radical (unpaired) electrons. The van der Waals surface area contributed by atoms with Crippen molar-refractivity contribution < 1.29 is 14.4 Å². The number of amides is 1. The van der Waals surface area contributed by atoms with Crippen LogP contribution in [0.25, 0.3) is 0 Å².